The molecule has 0 amide bonds. The van der Waals surface area contributed by atoms with Crippen molar-refractivity contribution < 1.29 is 9.47 Å². The van der Waals surface area contributed by atoms with Crippen LogP contribution in [0.15, 0.2) is 24.3 Å². The average Bonchev–Trinajstić information content (AvgIpc) is 2.50. The summed E-state index contributed by atoms with van der Waals surface area (Å²) in [6.45, 7) is 7.57. The molecule has 0 radical (unpaired) electrons. The van der Waals surface area contributed by atoms with Gasteiger partial charge in [-0.3, -0.25) is 4.90 Å². The first-order valence-corrected chi connectivity index (χ1v) is 8.06. The molecular formula is C17H28N2O2. The van der Waals surface area contributed by atoms with E-state index >= 15 is 0 Å². The van der Waals surface area contributed by atoms with E-state index in [1.165, 1.54) is 19.3 Å². The minimum atomic E-state index is 0.232. The van der Waals surface area contributed by atoms with Gasteiger partial charge in [-0.1, -0.05) is 6.42 Å². The Morgan fingerprint density at radius 2 is 1.86 bits per heavy atom. The third kappa shape index (κ3) is 4.90. The molecule has 1 saturated heterocycles. The van der Waals surface area contributed by atoms with Crippen molar-refractivity contribution >= 4 is 0 Å². The van der Waals surface area contributed by atoms with Crippen LogP contribution in [0, 0.1) is 0 Å². The number of likely N-dealkylation sites (tertiary alicyclic amines) is 1. The highest BCUT2D eigenvalue weighted by Gasteiger charge is 2.24. The van der Waals surface area contributed by atoms with Gasteiger partial charge in [-0.05, 0) is 57.5 Å². The third-order valence-electron chi connectivity index (χ3n) is 4.05. The Bertz CT molecular complexity index is 406. The number of hydrogen-bond acceptors (Lipinski definition) is 4. The van der Waals surface area contributed by atoms with E-state index in [-0.39, 0.29) is 6.04 Å². The summed E-state index contributed by atoms with van der Waals surface area (Å²) >= 11 is 0. The van der Waals surface area contributed by atoms with Gasteiger partial charge in [0.05, 0.1) is 6.61 Å². The fraction of sp³-hybridized carbons (Fsp3) is 0.647. The van der Waals surface area contributed by atoms with Crippen molar-refractivity contribution in [2.75, 3.05) is 26.3 Å². The molecule has 21 heavy (non-hydrogen) atoms. The third-order valence-corrected chi connectivity index (χ3v) is 4.05. The van der Waals surface area contributed by atoms with Crippen molar-refractivity contribution in [3.63, 3.8) is 0 Å². The van der Waals surface area contributed by atoms with Crippen molar-refractivity contribution in [3.05, 3.63) is 24.3 Å². The van der Waals surface area contributed by atoms with Gasteiger partial charge >= 0.3 is 0 Å². The van der Waals surface area contributed by atoms with Crippen molar-refractivity contribution in [3.8, 4) is 11.5 Å². The zero-order chi connectivity index (χ0) is 15.1. The van der Waals surface area contributed by atoms with E-state index in [1.54, 1.807) is 0 Å². The van der Waals surface area contributed by atoms with Gasteiger partial charge in [0, 0.05) is 18.6 Å². The lowest BCUT2D eigenvalue weighted by atomic mass is 9.97. The van der Waals surface area contributed by atoms with Gasteiger partial charge in [0.2, 0.25) is 0 Å². The number of ether oxygens (including phenoxy) is 2. The van der Waals surface area contributed by atoms with E-state index in [9.17, 15) is 0 Å². The molecule has 1 aromatic carbocycles. The number of nitrogens with zero attached hydrogens (tertiary/aromatic N) is 1. The quantitative estimate of drug-likeness (QED) is 0.839. The number of nitrogens with two attached hydrogens (primary N) is 1. The number of hydrogen-bond donors (Lipinski definition) is 1. The van der Waals surface area contributed by atoms with Crippen LogP contribution in [-0.4, -0.2) is 43.3 Å². The van der Waals surface area contributed by atoms with Gasteiger partial charge in [-0.15, -0.1) is 0 Å². The van der Waals surface area contributed by atoms with Crippen LogP contribution in [-0.2, 0) is 0 Å². The van der Waals surface area contributed by atoms with Crippen molar-refractivity contribution in [1.82, 2.24) is 4.90 Å². The average molecular weight is 292 g/mol. The molecule has 1 aromatic rings. The summed E-state index contributed by atoms with van der Waals surface area (Å²) in [6, 6.07) is 8.56. The Labute approximate surface area is 128 Å². The fourth-order valence-corrected chi connectivity index (χ4v) is 2.97. The maximum absolute atomic E-state index is 6.09. The van der Waals surface area contributed by atoms with Crippen LogP contribution in [0.4, 0.5) is 0 Å². The molecule has 0 aromatic heterocycles. The summed E-state index contributed by atoms with van der Waals surface area (Å²) in [4.78, 5) is 2.47. The van der Waals surface area contributed by atoms with Crippen LogP contribution < -0.4 is 15.2 Å². The van der Waals surface area contributed by atoms with Crippen LogP contribution in [0.3, 0.4) is 0 Å². The normalized spacial score (nSPS) is 21.0. The van der Waals surface area contributed by atoms with Gasteiger partial charge in [-0.2, -0.15) is 0 Å². The highest BCUT2D eigenvalue weighted by atomic mass is 16.5. The maximum atomic E-state index is 6.09. The van der Waals surface area contributed by atoms with Crippen LogP contribution in [0.2, 0.25) is 0 Å². The number of benzene rings is 1. The SMILES string of the molecule is CCOc1ccc(OCCN2CCCCC2C(C)N)cc1. The van der Waals surface area contributed by atoms with Gasteiger partial charge in [0.15, 0.2) is 0 Å². The molecule has 2 N–H and O–H groups in total. The van der Waals surface area contributed by atoms with Crippen LogP contribution in [0.25, 0.3) is 0 Å². The topological polar surface area (TPSA) is 47.7 Å². The Morgan fingerprint density at radius 3 is 2.48 bits per heavy atom. The zero-order valence-corrected chi connectivity index (χ0v) is 13.3. The predicted octanol–water partition coefficient (Wildman–Crippen LogP) is 2.67. The molecule has 0 saturated carbocycles. The van der Waals surface area contributed by atoms with E-state index in [0.717, 1.165) is 24.6 Å². The lowest BCUT2D eigenvalue weighted by molar-refractivity contribution is 0.109. The van der Waals surface area contributed by atoms with Crippen LogP contribution in [0.1, 0.15) is 33.1 Å². The summed E-state index contributed by atoms with van der Waals surface area (Å²) in [6.07, 6.45) is 3.77. The summed E-state index contributed by atoms with van der Waals surface area (Å²) in [5.41, 5.74) is 6.09. The Balaban J connectivity index is 1.77. The molecule has 0 spiro atoms. The molecule has 0 bridgehead atoms. The van der Waals surface area contributed by atoms with E-state index < -0.39 is 0 Å². The first kappa shape index (κ1) is 16.1. The van der Waals surface area contributed by atoms with E-state index in [2.05, 4.69) is 11.8 Å². The lowest BCUT2D eigenvalue weighted by Crippen LogP contribution is -2.50. The zero-order valence-electron chi connectivity index (χ0n) is 13.3. The molecule has 2 rings (SSSR count). The summed E-state index contributed by atoms with van der Waals surface area (Å²) in [5.74, 6) is 1.78. The van der Waals surface area contributed by atoms with Crippen molar-refractivity contribution in [2.24, 2.45) is 5.73 Å². The Hall–Kier alpha value is -1.26. The second kappa shape index (κ2) is 8.25. The molecule has 4 heteroatoms. The molecule has 1 fully saturated rings. The minimum Gasteiger partial charge on any atom is -0.494 e. The smallest absolute Gasteiger partial charge is 0.119 e. The predicted molar refractivity (Wildman–Crippen MR) is 86.0 cm³/mol. The summed E-state index contributed by atoms with van der Waals surface area (Å²) in [7, 11) is 0. The molecule has 1 heterocycles. The number of rotatable bonds is 7. The van der Waals surface area contributed by atoms with E-state index in [1.807, 2.05) is 31.2 Å². The lowest BCUT2D eigenvalue weighted by Gasteiger charge is -2.37. The molecule has 4 nitrogen and oxygen atoms in total. The second-order valence-electron chi connectivity index (χ2n) is 5.71. The van der Waals surface area contributed by atoms with Crippen LogP contribution in [0.5, 0.6) is 11.5 Å². The Kier molecular flexibility index (Phi) is 6.33. The second-order valence-corrected chi connectivity index (χ2v) is 5.71. The monoisotopic (exact) mass is 292 g/mol. The van der Waals surface area contributed by atoms with E-state index in [4.69, 9.17) is 15.2 Å². The molecule has 118 valence electrons. The highest BCUT2D eigenvalue weighted by Crippen LogP contribution is 2.20. The maximum Gasteiger partial charge on any atom is 0.119 e. The first-order valence-electron chi connectivity index (χ1n) is 8.06. The Morgan fingerprint density at radius 1 is 1.19 bits per heavy atom. The summed E-state index contributed by atoms with van der Waals surface area (Å²) < 4.78 is 11.3. The van der Waals surface area contributed by atoms with Gasteiger partial charge in [0.1, 0.15) is 18.1 Å². The van der Waals surface area contributed by atoms with E-state index in [0.29, 0.717) is 19.3 Å². The van der Waals surface area contributed by atoms with Crippen LogP contribution >= 0.6 is 0 Å². The van der Waals surface area contributed by atoms with Gasteiger partial charge in [0.25, 0.3) is 0 Å². The molecule has 1 aliphatic rings. The summed E-state index contributed by atoms with van der Waals surface area (Å²) in [5, 5.41) is 0. The fourth-order valence-electron chi connectivity index (χ4n) is 2.97. The molecule has 0 aliphatic carbocycles. The van der Waals surface area contributed by atoms with Gasteiger partial charge < -0.3 is 15.2 Å². The van der Waals surface area contributed by atoms with Crippen molar-refractivity contribution in [1.29, 1.82) is 0 Å². The highest BCUT2D eigenvalue weighted by molar-refractivity contribution is 5.31. The largest absolute Gasteiger partial charge is 0.494 e. The van der Waals surface area contributed by atoms with Crippen molar-refractivity contribution in [2.45, 2.75) is 45.2 Å². The molecule has 1 aliphatic heterocycles. The van der Waals surface area contributed by atoms with Gasteiger partial charge in [-0.25, -0.2) is 0 Å². The number of piperidine rings is 1. The molecule has 2 atom stereocenters. The molecule has 2 unspecified atom stereocenters. The molecular weight excluding hydrogens is 264 g/mol. The first-order chi connectivity index (χ1) is 10.2. The minimum absolute atomic E-state index is 0.232. The standard InChI is InChI=1S/C17H28N2O2/c1-3-20-15-7-9-16(10-8-15)21-13-12-19-11-5-4-6-17(19)14(2)18/h7-10,14,17H,3-6,11-13,18H2,1-2H3.